The lowest BCUT2D eigenvalue weighted by Crippen LogP contribution is -2.17. The predicted molar refractivity (Wildman–Crippen MR) is 99.6 cm³/mol. The minimum absolute atomic E-state index is 0.130. The summed E-state index contributed by atoms with van der Waals surface area (Å²) in [6, 6.07) is 10.4. The molecule has 25 heavy (non-hydrogen) atoms. The molecule has 0 aliphatic heterocycles. The summed E-state index contributed by atoms with van der Waals surface area (Å²) in [7, 11) is -2.60. The fourth-order valence-electron chi connectivity index (χ4n) is 2.18. The van der Waals surface area contributed by atoms with Gasteiger partial charge in [-0.15, -0.1) is 11.8 Å². The molecule has 0 unspecified atom stereocenters. The van der Waals surface area contributed by atoms with E-state index in [1.54, 1.807) is 6.07 Å². The molecule has 0 atom stereocenters. The molecule has 0 aliphatic rings. The molecule has 3 N–H and O–H groups in total. The number of methoxy groups -OCH3 is 1. The van der Waals surface area contributed by atoms with Gasteiger partial charge in [0.2, 0.25) is 15.9 Å². The van der Waals surface area contributed by atoms with Crippen molar-refractivity contribution in [3.63, 3.8) is 0 Å². The number of hydrogen-bond donors (Lipinski definition) is 2. The van der Waals surface area contributed by atoms with Crippen molar-refractivity contribution >= 4 is 33.4 Å². The standard InChI is InChI=1S/C17H20N2O4S2/c1-11-4-5-12(2)15(8-11)24-10-17(20)19-13-6-7-14(23-3)16(9-13)25(18,21)22/h4-9H,10H2,1-3H3,(H,19,20)(H2,18,21,22). The summed E-state index contributed by atoms with van der Waals surface area (Å²) in [6.45, 7) is 3.98. The number of carbonyl (C=O) groups excluding carboxylic acids is 1. The van der Waals surface area contributed by atoms with Crippen molar-refractivity contribution in [3.8, 4) is 5.75 Å². The molecule has 2 aromatic rings. The molecule has 2 aromatic carbocycles. The molecule has 2 rings (SSSR count). The second-order valence-corrected chi connectivity index (χ2v) is 8.06. The number of amides is 1. The Labute approximate surface area is 151 Å². The number of carbonyl (C=O) groups is 1. The molecule has 6 nitrogen and oxygen atoms in total. The molecule has 0 aromatic heterocycles. The lowest BCUT2D eigenvalue weighted by Gasteiger charge is -2.11. The minimum Gasteiger partial charge on any atom is -0.495 e. The number of nitrogens with one attached hydrogen (secondary N) is 1. The first-order valence-electron chi connectivity index (χ1n) is 7.41. The van der Waals surface area contributed by atoms with Gasteiger partial charge in [-0.2, -0.15) is 0 Å². The van der Waals surface area contributed by atoms with Crippen LogP contribution in [-0.4, -0.2) is 27.2 Å². The molecule has 0 spiro atoms. The summed E-state index contributed by atoms with van der Waals surface area (Å²) in [6.07, 6.45) is 0. The Morgan fingerprint density at radius 3 is 2.56 bits per heavy atom. The number of aryl methyl sites for hydroxylation is 2. The Kier molecular flexibility index (Phi) is 6.10. The summed E-state index contributed by atoms with van der Waals surface area (Å²) in [5.74, 6) is 0.0998. The van der Waals surface area contributed by atoms with Crippen molar-refractivity contribution < 1.29 is 17.9 Å². The molecule has 1 amide bonds. The largest absolute Gasteiger partial charge is 0.495 e. The normalized spacial score (nSPS) is 11.2. The van der Waals surface area contributed by atoms with E-state index in [9.17, 15) is 13.2 Å². The van der Waals surface area contributed by atoms with E-state index in [1.165, 1.54) is 31.0 Å². The molecule has 0 heterocycles. The van der Waals surface area contributed by atoms with Crippen LogP contribution in [0.3, 0.4) is 0 Å². The van der Waals surface area contributed by atoms with E-state index >= 15 is 0 Å². The Hall–Kier alpha value is -2.03. The Balaban J connectivity index is 2.09. The second-order valence-electron chi connectivity index (χ2n) is 5.52. The maximum absolute atomic E-state index is 12.2. The SMILES string of the molecule is COc1ccc(NC(=O)CSc2cc(C)ccc2C)cc1S(N)(=O)=O. The third-order valence-corrected chi connectivity index (χ3v) is 5.55. The molecule has 134 valence electrons. The van der Waals surface area contributed by atoms with Gasteiger partial charge in [0.25, 0.3) is 0 Å². The highest BCUT2D eigenvalue weighted by Gasteiger charge is 2.16. The highest BCUT2D eigenvalue weighted by molar-refractivity contribution is 8.00. The second kappa shape index (κ2) is 7.90. The summed E-state index contributed by atoms with van der Waals surface area (Å²) in [5.41, 5.74) is 2.57. The van der Waals surface area contributed by atoms with Gasteiger partial charge in [0, 0.05) is 10.6 Å². The quantitative estimate of drug-likeness (QED) is 0.751. The molecule has 8 heteroatoms. The summed E-state index contributed by atoms with van der Waals surface area (Å²) in [5, 5.41) is 7.85. The fourth-order valence-corrected chi connectivity index (χ4v) is 3.83. The molecule has 0 bridgehead atoms. The van der Waals surface area contributed by atoms with Crippen molar-refractivity contribution in [2.45, 2.75) is 23.6 Å². The first kappa shape index (κ1) is 19.3. The first-order chi connectivity index (χ1) is 11.7. The number of thioether (sulfide) groups is 1. The third-order valence-electron chi connectivity index (χ3n) is 3.46. The lowest BCUT2D eigenvalue weighted by atomic mass is 10.2. The van der Waals surface area contributed by atoms with Gasteiger partial charge in [0.1, 0.15) is 10.6 Å². The van der Waals surface area contributed by atoms with Gasteiger partial charge in [-0.1, -0.05) is 17.7 Å². The molecule has 0 fully saturated rings. The number of benzene rings is 2. The smallest absolute Gasteiger partial charge is 0.241 e. The third kappa shape index (κ3) is 5.22. The van der Waals surface area contributed by atoms with Crippen molar-refractivity contribution in [2.75, 3.05) is 18.2 Å². The number of hydrogen-bond acceptors (Lipinski definition) is 5. The van der Waals surface area contributed by atoms with Crippen LogP contribution in [0.2, 0.25) is 0 Å². The summed E-state index contributed by atoms with van der Waals surface area (Å²) >= 11 is 1.43. The Morgan fingerprint density at radius 2 is 1.92 bits per heavy atom. The topological polar surface area (TPSA) is 98.5 Å². The van der Waals surface area contributed by atoms with Crippen LogP contribution in [-0.2, 0) is 14.8 Å². The van der Waals surface area contributed by atoms with E-state index in [2.05, 4.69) is 5.32 Å². The number of ether oxygens (including phenoxy) is 1. The van der Waals surface area contributed by atoms with E-state index in [0.29, 0.717) is 5.69 Å². The predicted octanol–water partition coefficient (Wildman–Crippen LogP) is 2.69. The van der Waals surface area contributed by atoms with Gasteiger partial charge >= 0.3 is 0 Å². The van der Waals surface area contributed by atoms with Crippen LogP contribution >= 0.6 is 11.8 Å². The highest BCUT2D eigenvalue weighted by Crippen LogP contribution is 2.27. The highest BCUT2D eigenvalue weighted by atomic mass is 32.2. The van der Waals surface area contributed by atoms with Crippen molar-refractivity contribution in [2.24, 2.45) is 5.14 Å². The maximum Gasteiger partial charge on any atom is 0.241 e. The Morgan fingerprint density at radius 1 is 1.20 bits per heavy atom. The van der Waals surface area contributed by atoms with Gasteiger partial charge in [0.15, 0.2) is 0 Å². The van der Waals surface area contributed by atoms with E-state index in [4.69, 9.17) is 9.88 Å². The average molecular weight is 380 g/mol. The summed E-state index contributed by atoms with van der Waals surface area (Å²) in [4.78, 5) is 13.0. The van der Waals surface area contributed by atoms with E-state index in [0.717, 1.165) is 16.0 Å². The van der Waals surface area contributed by atoms with Crippen LogP contribution in [0.1, 0.15) is 11.1 Å². The zero-order valence-corrected chi connectivity index (χ0v) is 15.8. The first-order valence-corrected chi connectivity index (χ1v) is 9.94. The molecule has 0 radical (unpaired) electrons. The molecule has 0 aliphatic carbocycles. The van der Waals surface area contributed by atoms with Gasteiger partial charge in [0.05, 0.1) is 12.9 Å². The lowest BCUT2D eigenvalue weighted by molar-refractivity contribution is -0.113. The van der Waals surface area contributed by atoms with Gasteiger partial charge < -0.3 is 10.1 Å². The van der Waals surface area contributed by atoms with Crippen molar-refractivity contribution in [1.82, 2.24) is 0 Å². The summed E-state index contributed by atoms with van der Waals surface area (Å²) < 4.78 is 28.2. The zero-order valence-electron chi connectivity index (χ0n) is 14.2. The number of nitrogens with two attached hydrogens (primary N) is 1. The number of sulfonamides is 1. The van der Waals surface area contributed by atoms with Gasteiger partial charge in [-0.25, -0.2) is 13.6 Å². The van der Waals surface area contributed by atoms with E-state index < -0.39 is 10.0 Å². The Bertz CT molecular complexity index is 896. The molecule has 0 saturated carbocycles. The van der Waals surface area contributed by atoms with E-state index in [1.807, 2.05) is 32.0 Å². The van der Waals surface area contributed by atoms with Crippen LogP contribution in [0, 0.1) is 13.8 Å². The van der Waals surface area contributed by atoms with Crippen LogP contribution in [0.15, 0.2) is 46.2 Å². The maximum atomic E-state index is 12.2. The van der Waals surface area contributed by atoms with Crippen LogP contribution in [0.5, 0.6) is 5.75 Å². The van der Waals surface area contributed by atoms with Crippen molar-refractivity contribution in [1.29, 1.82) is 0 Å². The molecular weight excluding hydrogens is 360 g/mol. The van der Waals surface area contributed by atoms with Crippen LogP contribution in [0.25, 0.3) is 0 Å². The number of rotatable bonds is 6. The van der Waals surface area contributed by atoms with Gasteiger partial charge in [-0.3, -0.25) is 4.79 Å². The molecule has 0 saturated heterocycles. The fraction of sp³-hybridized carbons (Fsp3) is 0.235. The number of anilines is 1. The monoisotopic (exact) mass is 380 g/mol. The van der Waals surface area contributed by atoms with Crippen molar-refractivity contribution in [3.05, 3.63) is 47.5 Å². The minimum atomic E-state index is -3.95. The average Bonchev–Trinajstić information content (AvgIpc) is 2.55. The van der Waals surface area contributed by atoms with Gasteiger partial charge in [-0.05, 0) is 43.7 Å². The van der Waals surface area contributed by atoms with Crippen LogP contribution < -0.4 is 15.2 Å². The molecular formula is C17H20N2O4S2. The number of primary sulfonamides is 1. The zero-order chi connectivity index (χ0) is 18.6. The van der Waals surface area contributed by atoms with E-state index in [-0.39, 0.29) is 22.3 Å². The van der Waals surface area contributed by atoms with Crippen LogP contribution in [0.4, 0.5) is 5.69 Å².